The number of nitrogens with one attached hydrogen (secondary N) is 1. The van der Waals surface area contributed by atoms with Crippen LogP contribution in [0.1, 0.15) is 40.9 Å². The Bertz CT molecular complexity index is 1290. The summed E-state index contributed by atoms with van der Waals surface area (Å²) in [4.78, 5) is 13.0. The van der Waals surface area contributed by atoms with E-state index in [1.54, 1.807) is 32.0 Å². The Kier molecular flexibility index (Phi) is 12.7. The van der Waals surface area contributed by atoms with Crippen molar-refractivity contribution in [3.8, 4) is 0 Å². The van der Waals surface area contributed by atoms with Crippen molar-refractivity contribution >= 4 is 52.3 Å². The Labute approximate surface area is 243 Å². The van der Waals surface area contributed by atoms with Crippen molar-refractivity contribution in [2.45, 2.75) is 27.4 Å². The van der Waals surface area contributed by atoms with Gasteiger partial charge in [0.1, 0.15) is 0 Å². The van der Waals surface area contributed by atoms with Gasteiger partial charge >= 0.3 is 7.60 Å². The molecule has 210 valence electrons. The second-order valence-corrected chi connectivity index (χ2v) is 12.1. The van der Waals surface area contributed by atoms with Crippen molar-refractivity contribution in [3.63, 3.8) is 0 Å². The lowest BCUT2D eigenvalue weighted by Crippen LogP contribution is -2.10. The molecule has 0 spiro atoms. The van der Waals surface area contributed by atoms with Gasteiger partial charge in [0, 0.05) is 32.5 Å². The van der Waals surface area contributed by atoms with Crippen LogP contribution in [0.3, 0.4) is 0 Å². The number of carbonyl (C=O) groups excluding carboxylic acids is 1. The van der Waals surface area contributed by atoms with Crippen LogP contribution in [0.25, 0.3) is 0 Å². The SMILES string of the molecule is CCOP(=O)(CCOCCOCc1cc(Br)ccc1Nc1ccc(C(=O)c2ccccc2C)c(Cl)c1)OCC. The smallest absolute Gasteiger partial charge is 0.332 e. The predicted octanol–water partition coefficient (Wildman–Crippen LogP) is 8.18. The zero-order valence-corrected chi connectivity index (χ0v) is 25.6. The zero-order valence-electron chi connectivity index (χ0n) is 22.4. The van der Waals surface area contributed by atoms with Crippen molar-refractivity contribution in [1.29, 1.82) is 0 Å². The van der Waals surface area contributed by atoms with Crippen LogP contribution in [0.2, 0.25) is 5.02 Å². The third-order valence-electron chi connectivity index (χ3n) is 5.74. The molecule has 0 saturated carbocycles. The molecule has 0 aliphatic carbocycles. The minimum atomic E-state index is -3.11. The number of ether oxygens (including phenoxy) is 2. The van der Waals surface area contributed by atoms with E-state index in [9.17, 15) is 9.36 Å². The summed E-state index contributed by atoms with van der Waals surface area (Å²) in [7, 11) is -3.11. The monoisotopic (exact) mass is 637 g/mol. The molecule has 0 aliphatic rings. The van der Waals surface area contributed by atoms with Gasteiger partial charge in [0.2, 0.25) is 0 Å². The van der Waals surface area contributed by atoms with Gasteiger partial charge in [-0.2, -0.15) is 0 Å². The summed E-state index contributed by atoms with van der Waals surface area (Å²) >= 11 is 10.0. The van der Waals surface area contributed by atoms with Gasteiger partial charge in [-0.3, -0.25) is 9.36 Å². The Hall–Kier alpha value is -2.03. The van der Waals surface area contributed by atoms with E-state index < -0.39 is 7.60 Å². The summed E-state index contributed by atoms with van der Waals surface area (Å²) < 4.78 is 35.3. The molecule has 0 unspecified atom stereocenters. The third kappa shape index (κ3) is 9.54. The van der Waals surface area contributed by atoms with Crippen LogP contribution in [0.15, 0.2) is 65.1 Å². The standard InChI is InChI=1S/C29H34BrClNO6P/c1-4-37-39(34,38-5-2)17-16-35-14-15-36-20-22-18-23(30)10-13-28(22)32-24-11-12-26(27(31)19-24)29(33)25-9-7-6-8-21(25)3/h6-13,18-19,32H,4-5,14-17,20H2,1-3H3. The molecule has 0 amide bonds. The number of halogens is 2. The molecule has 0 atom stereocenters. The number of carbonyl (C=O) groups is 1. The molecule has 7 nitrogen and oxygen atoms in total. The number of hydrogen-bond donors (Lipinski definition) is 1. The molecule has 0 heterocycles. The van der Waals surface area contributed by atoms with Crippen LogP contribution in [-0.2, 0) is 29.7 Å². The highest BCUT2D eigenvalue weighted by Crippen LogP contribution is 2.47. The molecular weight excluding hydrogens is 605 g/mol. The molecule has 0 bridgehead atoms. The van der Waals surface area contributed by atoms with E-state index in [0.29, 0.717) is 49.2 Å². The lowest BCUT2D eigenvalue weighted by atomic mass is 9.99. The van der Waals surface area contributed by atoms with Crippen molar-refractivity contribution in [2.75, 3.05) is 44.5 Å². The van der Waals surface area contributed by atoms with Crippen molar-refractivity contribution in [2.24, 2.45) is 0 Å². The molecule has 0 radical (unpaired) electrons. The largest absolute Gasteiger partial charge is 0.378 e. The van der Waals surface area contributed by atoms with Gasteiger partial charge in [0.15, 0.2) is 5.78 Å². The van der Waals surface area contributed by atoms with E-state index in [0.717, 1.165) is 27.0 Å². The molecule has 3 aromatic rings. The Morgan fingerprint density at radius 1 is 0.923 bits per heavy atom. The van der Waals surface area contributed by atoms with Crippen LogP contribution in [-0.4, -0.2) is 45.0 Å². The van der Waals surface area contributed by atoms with Gasteiger partial charge in [0.05, 0.1) is 50.8 Å². The first-order chi connectivity index (χ1) is 18.8. The lowest BCUT2D eigenvalue weighted by molar-refractivity contribution is 0.0445. The van der Waals surface area contributed by atoms with Crippen LogP contribution < -0.4 is 5.32 Å². The fraction of sp³-hybridized carbons (Fsp3) is 0.345. The second kappa shape index (κ2) is 15.7. The summed E-state index contributed by atoms with van der Waals surface area (Å²) in [5, 5.41) is 3.75. The predicted molar refractivity (Wildman–Crippen MR) is 160 cm³/mol. The molecule has 0 saturated heterocycles. The van der Waals surface area contributed by atoms with Crippen LogP contribution in [0.5, 0.6) is 0 Å². The maximum Gasteiger partial charge on any atom is 0.332 e. The minimum Gasteiger partial charge on any atom is -0.378 e. The number of benzene rings is 3. The molecule has 3 aromatic carbocycles. The fourth-order valence-electron chi connectivity index (χ4n) is 3.85. The molecule has 3 rings (SSSR count). The van der Waals surface area contributed by atoms with Crippen molar-refractivity contribution in [3.05, 3.63) is 92.4 Å². The highest BCUT2D eigenvalue weighted by Gasteiger charge is 2.22. The molecule has 0 aromatic heterocycles. The molecule has 0 fully saturated rings. The minimum absolute atomic E-state index is 0.108. The summed E-state index contributed by atoms with van der Waals surface area (Å²) in [5.41, 5.74) is 4.52. The summed E-state index contributed by atoms with van der Waals surface area (Å²) in [5.74, 6) is -0.108. The number of ketones is 1. The van der Waals surface area contributed by atoms with Gasteiger partial charge in [-0.25, -0.2) is 0 Å². The van der Waals surface area contributed by atoms with E-state index >= 15 is 0 Å². The van der Waals surface area contributed by atoms with E-state index in [1.807, 2.05) is 49.4 Å². The van der Waals surface area contributed by atoms with Gasteiger partial charge in [0.25, 0.3) is 0 Å². The zero-order chi connectivity index (χ0) is 28.3. The number of rotatable bonds is 16. The van der Waals surface area contributed by atoms with Crippen LogP contribution in [0.4, 0.5) is 11.4 Å². The van der Waals surface area contributed by atoms with Gasteiger partial charge in [-0.05, 0) is 62.7 Å². The third-order valence-corrected chi connectivity index (χ3v) is 8.58. The molecule has 39 heavy (non-hydrogen) atoms. The van der Waals surface area contributed by atoms with Gasteiger partial charge < -0.3 is 23.8 Å². The number of anilines is 2. The molecule has 1 N–H and O–H groups in total. The normalized spacial score (nSPS) is 11.5. The second-order valence-electron chi connectivity index (χ2n) is 8.60. The lowest BCUT2D eigenvalue weighted by Gasteiger charge is -2.17. The van der Waals surface area contributed by atoms with E-state index in [-0.39, 0.29) is 18.6 Å². The van der Waals surface area contributed by atoms with Crippen molar-refractivity contribution < 1.29 is 27.9 Å². The first-order valence-electron chi connectivity index (χ1n) is 12.7. The van der Waals surface area contributed by atoms with Gasteiger partial charge in [-0.15, -0.1) is 0 Å². The van der Waals surface area contributed by atoms with Crippen molar-refractivity contribution in [1.82, 2.24) is 0 Å². The topological polar surface area (TPSA) is 83.1 Å². The van der Waals surface area contributed by atoms with E-state index in [4.69, 9.17) is 30.1 Å². The molecule has 10 heteroatoms. The Balaban J connectivity index is 1.56. The average Bonchev–Trinajstić information content (AvgIpc) is 2.90. The highest BCUT2D eigenvalue weighted by molar-refractivity contribution is 9.10. The first-order valence-corrected chi connectivity index (χ1v) is 15.6. The van der Waals surface area contributed by atoms with E-state index in [2.05, 4.69) is 21.2 Å². The highest BCUT2D eigenvalue weighted by atomic mass is 79.9. The Morgan fingerprint density at radius 2 is 1.64 bits per heavy atom. The summed E-state index contributed by atoms with van der Waals surface area (Å²) in [6.07, 6.45) is 0.201. The maximum absolute atomic E-state index is 13.0. The quantitative estimate of drug-likeness (QED) is 0.0962. The van der Waals surface area contributed by atoms with E-state index in [1.165, 1.54) is 0 Å². The van der Waals surface area contributed by atoms with Crippen LogP contribution in [0, 0.1) is 6.92 Å². The van der Waals surface area contributed by atoms with Gasteiger partial charge in [-0.1, -0.05) is 51.8 Å². The maximum atomic E-state index is 13.0. The Morgan fingerprint density at radius 3 is 2.33 bits per heavy atom. The number of aryl methyl sites for hydroxylation is 1. The molecule has 0 aliphatic heterocycles. The van der Waals surface area contributed by atoms with Crippen LogP contribution >= 0.6 is 35.1 Å². The molecular formula is C29H34BrClNO6P. The number of hydrogen-bond acceptors (Lipinski definition) is 7. The average molecular weight is 639 g/mol. The summed E-state index contributed by atoms with van der Waals surface area (Å²) in [6.45, 7) is 7.43. The fourth-order valence-corrected chi connectivity index (χ4v) is 5.99. The first kappa shape index (κ1) is 31.5. The summed E-state index contributed by atoms with van der Waals surface area (Å²) in [6, 6.07) is 18.6.